The van der Waals surface area contributed by atoms with Gasteiger partial charge in [-0.3, -0.25) is 4.79 Å². The topological polar surface area (TPSA) is 38.3 Å². The lowest BCUT2D eigenvalue weighted by Gasteiger charge is -2.11. The van der Waals surface area contributed by atoms with E-state index in [4.69, 9.17) is 16.3 Å². The van der Waals surface area contributed by atoms with Crippen LogP contribution >= 0.6 is 34.2 Å². The fourth-order valence-corrected chi connectivity index (χ4v) is 2.61. The Labute approximate surface area is 142 Å². The van der Waals surface area contributed by atoms with Crippen LogP contribution in [0.5, 0.6) is 5.75 Å². The Balaban J connectivity index is 1.98. The molecule has 0 atom stereocenters. The highest BCUT2D eigenvalue weighted by Crippen LogP contribution is 2.23. The van der Waals surface area contributed by atoms with Crippen molar-refractivity contribution < 1.29 is 9.53 Å². The maximum Gasteiger partial charge on any atom is 0.262 e. The van der Waals surface area contributed by atoms with Gasteiger partial charge in [-0.1, -0.05) is 30.7 Å². The van der Waals surface area contributed by atoms with Gasteiger partial charge in [-0.15, -0.1) is 0 Å². The van der Waals surface area contributed by atoms with Gasteiger partial charge in [0.15, 0.2) is 6.61 Å². The zero-order valence-electron chi connectivity index (χ0n) is 11.5. The zero-order chi connectivity index (χ0) is 15.2. The minimum absolute atomic E-state index is 0.0706. The van der Waals surface area contributed by atoms with E-state index < -0.39 is 0 Å². The van der Waals surface area contributed by atoms with Crippen molar-refractivity contribution in [1.82, 2.24) is 0 Å². The van der Waals surface area contributed by atoms with E-state index in [1.165, 1.54) is 0 Å². The van der Waals surface area contributed by atoms with Crippen LogP contribution < -0.4 is 10.1 Å². The molecule has 1 amide bonds. The molecule has 0 fully saturated rings. The largest absolute Gasteiger partial charge is 0.482 e. The lowest BCUT2D eigenvalue weighted by Crippen LogP contribution is -2.21. The average Bonchev–Trinajstić information content (AvgIpc) is 2.48. The van der Waals surface area contributed by atoms with Gasteiger partial charge in [0.2, 0.25) is 0 Å². The second-order valence-corrected chi connectivity index (χ2v) is 6.08. The van der Waals surface area contributed by atoms with E-state index >= 15 is 0 Å². The first-order valence-electron chi connectivity index (χ1n) is 6.55. The molecule has 0 aliphatic heterocycles. The smallest absolute Gasteiger partial charge is 0.262 e. The van der Waals surface area contributed by atoms with Crippen LogP contribution in [0.4, 0.5) is 5.69 Å². The van der Waals surface area contributed by atoms with Gasteiger partial charge in [-0.25, -0.2) is 0 Å². The second-order valence-electron chi connectivity index (χ2n) is 4.42. The lowest BCUT2D eigenvalue weighted by atomic mass is 10.1. The van der Waals surface area contributed by atoms with Crippen LogP contribution in [0.1, 0.15) is 12.5 Å². The molecule has 0 saturated carbocycles. The van der Waals surface area contributed by atoms with Crippen molar-refractivity contribution in [2.75, 3.05) is 11.9 Å². The molecular formula is C16H15ClINO2. The first kappa shape index (κ1) is 16.1. The molecule has 2 rings (SSSR count). The molecule has 0 aliphatic carbocycles. The van der Waals surface area contributed by atoms with E-state index in [0.29, 0.717) is 10.8 Å². The minimum atomic E-state index is -0.203. The molecule has 0 heterocycles. The van der Waals surface area contributed by atoms with Gasteiger partial charge in [0.1, 0.15) is 5.75 Å². The monoisotopic (exact) mass is 415 g/mol. The molecule has 0 aromatic heterocycles. The van der Waals surface area contributed by atoms with Crippen LogP contribution in [0.15, 0.2) is 42.5 Å². The third-order valence-corrected chi connectivity index (χ3v) is 3.90. The van der Waals surface area contributed by atoms with E-state index in [-0.39, 0.29) is 12.5 Å². The molecule has 0 spiro atoms. The number of benzene rings is 2. The van der Waals surface area contributed by atoms with E-state index in [1.54, 1.807) is 12.1 Å². The Bertz CT molecular complexity index is 646. The standard InChI is InChI=1S/C16H15ClINO2/c1-2-11-9-12(18)7-8-14(11)19-16(20)10-21-15-6-4-3-5-13(15)17/h3-9H,2,10H2,1H3,(H,19,20). The van der Waals surface area contributed by atoms with E-state index in [9.17, 15) is 4.79 Å². The van der Waals surface area contributed by atoms with Crippen molar-refractivity contribution in [1.29, 1.82) is 0 Å². The summed E-state index contributed by atoms with van der Waals surface area (Å²) in [5.41, 5.74) is 1.93. The fraction of sp³-hybridized carbons (Fsp3) is 0.188. The number of carbonyl (C=O) groups excluding carboxylic acids is 1. The van der Waals surface area contributed by atoms with Crippen molar-refractivity contribution >= 4 is 45.8 Å². The van der Waals surface area contributed by atoms with Gasteiger partial charge >= 0.3 is 0 Å². The number of amides is 1. The van der Waals surface area contributed by atoms with Crippen LogP contribution in [0.25, 0.3) is 0 Å². The predicted molar refractivity (Wildman–Crippen MR) is 94.1 cm³/mol. The number of ether oxygens (including phenoxy) is 1. The highest BCUT2D eigenvalue weighted by Gasteiger charge is 2.08. The van der Waals surface area contributed by atoms with Gasteiger partial charge in [-0.05, 0) is 64.9 Å². The molecular weight excluding hydrogens is 401 g/mol. The number of para-hydroxylation sites is 1. The molecule has 0 radical (unpaired) electrons. The van der Waals surface area contributed by atoms with Gasteiger partial charge in [0, 0.05) is 9.26 Å². The van der Waals surface area contributed by atoms with Crippen LogP contribution in [-0.4, -0.2) is 12.5 Å². The molecule has 0 saturated heterocycles. The minimum Gasteiger partial charge on any atom is -0.482 e. The van der Waals surface area contributed by atoms with E-state index in [1.807, 2.05) is 24.3 Å². The summed E-state index contributed by atoms with van der Waals surface area (Å²) in [6, 6.07) is 13.0. The molecule has 5 heteroatoms. The van der Waals surface area contributed by atoms with Crippen LogP contribution in [0, 0.1) is 3.57 Å². The molecule has 21 heavy (non-hydrogen) atoms. The van der Waals surface area contributed by atoms with Gasteiger partial charge in [0.25, 0.3) is 5.91 Å². The summed E-state index contributed by atoms with van der Waals surface area (Å²) in [6.45, 7) is 1.99. The summed E-state index contributed by atoms with van der Waals surface area (Å²) in [6.07, 6.45) is 0.859. The Kier molecular flexibility index (Phi) is 5.87. The van der Waals surface area contributed by atoms with Crippen LogP contribution in [0.3, 0.4) is 0 Å². The van der Waals surface area contributed by atoms with Crippen LogP contribution in [-0.2, 0) is 11.2 Å². The number of rotatable bonds is 5. The fourth-order valence-electron chi connectivity index (χ4n) is 1.87. The summed E-state index contributed by atoms with van der Waals surface area (Å²) in [7, 11) is 0. The third-order valence-electron chi connectivity index (χ3n) is 2.92. The van der Waals surface area contributed by atoms with E-state index in [0.717, 1.165) is 21.2 Å². The molecule has 0 unspecified atom stereocenters. The van der Waals surface area contributed by atoms with Crippen LogP contribution in [0.2, 0.25) is 5.02 Å². The molecule has 2 aromatic rings. The zero-order valence-corrected chi connectivity index (χ0v) is 14.4. The Morgan fingerprint density at radius 1 is 1.29 bits per heavy atom. The van der Waals surface area contributed by atoms with Crippen molar-refractivity contribution in [2.45, 2.75) is 13.3 Å². The maximum absolute atomic E-state index is 12.0. The second kappa shape index (κ2) is 7.66. The van der Waals surface area contributed by atoms with Gasteiger partial charge < -0.3 is 10.1 Å². The summed E-state index contributed by atoms with van der Waals surface area (Å²) < 4.78 is 6.57. The SMILES string of the molecule is CCc1cc(I)ccc1NC(=O)COc1ccccc1Cl. The molecule has 1 N–H and O–H groups in total. The Morgan fingerprint density at radius 3 is 2.76 bits per heavy atom. The number of hydrogen-bond acceptors (Lipinski definition) is 2. The predicted octanol–water partition coefficient (Wildman–Crippen LogP) is 4.52. The van der Waals surface area contributed by atoms with E-state index in [2.05, 4.69) is 40.9 Å². The molecule has 0 bridgehead atoms. The molecule has 3 nitrogen and oxygen atoms in total. The first-order chi connectivity index (χ1) is 10.1. The normalized spacial score (nSPS) is 10.2. The quantitative estimate of drug-likeness (QED) is 0.729. The summed E-state index contributed by atoms with van der Waals surface area (Å²) >= 11 is 8.23. The molecule has 0 aliphatic rings. The van der Waals surface area contributed by atoms with Crippen molar-refractivity contribution in [2.24, 2.45) is 0 Å². The highest BCUT2D eigenvalue weighted by atomic mass is 127. The first-order valence-corrected chi connectivity index (χ1v) is 8.01. The number of anilines is 1. The lowest BCUT2D eigenvalue weighted by molar-refractivity contribution is -0.118. The number of halogens is 2. The third kappa shape index (κ3) is 4.61. The Hall–Kier alpha value is -1.27. The maximum atomic E-state index is 12.0. The molecule has 110 valence electrons. The Morgan fingerprint density at radius 2 is 2.05 bits per heavy atom. The van der Waals surface area contributed by atoms with Crippen molar-refractivity contribution in [3.63, 3.8) is 0 Å². The number of hydrogen-bond donors (Lipinski definition) is 1. The summed E-state index contributed by atoms with van der Waals surface area (Å²) in [5.74, 6) is 0.304. The summed E-state index contributed by atoms with van der Waals surface area (Å²) in [4.78, 5) is 12.0. The summed E-state index contributed by atoms with van der Waals surface area (Å²) in [5, 5.41) is 3.36. The molecule has 2 aromatic carbocycles. The van der Waals surface area contributed by atoms with Crippen molar-refractivity contribution in [3.8, 4) is 5.75 Å². The number of nitrogens with one attached hydrogen (secondary N) is 1. The average molecular weight is 416 g/mol. The number of carbonyl (C=O) groups is 1. The van der Waals surface area contributed by atoms with Gasteiger partial charge in [-0.2, -0.15) is 0 Å². The number of aryl methyl sites for hydroxylation is 1. The van der Waals surface area contributed by atoms with Crippen molar-refractivity contribution in [3.05, 3.63) is 56.6 Å². The highest BCUT2D eigenvalue weighted by molar-refractivity contribution is 14.1. The van der Waals surface area contributed by atoms with Gasteiger partial charge in [0.05, 0.1) is 5.02 Å².